The molecule has 0 bridgehead atoms. The lowest BCUT2D eigenvalue weighted by Crippen LogP contribution is -2.33. The van der Waals surface area contributed by atoms with Crippen LogP contribution in [0.2, 0.25) is 0 Å². The molecule has 1 atom stereocenters. The van der Waals surface area contributed by atoms with Crippen molar-refractivity contribution < 1.29 is 5.11 Å². The molecule has 1 unspecified atom stereocenters. The molecule has 2 heteroatoms. The largest absolute Gasteiger partial charge is 0.508 e. The Bertz CT molecular complexity index is 322. The standard InChI is InChI=1S/C13H21NO/c1-10(2)8-13(3,9-14)11-5-4-6-12(15)7-11/h4-7,10,15H,8-9,14H2,1-3H3. The molecule has 0 spiro atoms. The minimum absolute atomic E-state index is 0.0348. The molecule has 84 valence electrons. The van der Waals surface area contributed by atoms with Crippen LogP contribution in [0.1, 0.15) is 32.8 Å². The number of phenolic OH excluding ortho intramolecular Hbond substituents is 1. The number of nitrogens with two attached hydrogens (primary N) is 1. The zero-order valence-electron chi connectivity index (χ0n) is 9.83. The topological polar surface area (TPSA) is 46.2 Å². The van der Waals surface area contributed by atoms with Gasteiger partial charge in [-0.05, 0) is 30.0 Å². The van der Waals surface area contributed by atoms with Gasteiger partial charge in [0.15, 0.2) is 0 Å². The van der Waals surface area contributed by atoms with Crippen LogP contribution in [0.15, 0.2) is 24.3 Å². The number of hydrogen-bond donors (Lipinski definition) is 2. The van der Waals surface area contributed by atoms with Crippen LogP contribution in [0.3, 0.4) is 0 Å². The van der Waals surface area contributed by atoms with E-state index in [1.54, 1.807) is 6.07 Å². The molecule has 0 aliphatic carbocycles. The summed E-state index contributed by atoms with van der Waals surface area (Å²) in [6.07, 6.45) is 1.03. The van der Waals surface area contributed by atoms with Crippen LogP contribution < -0.4 is 5.73 Å². The maximum Gasteiger partial charge on any atom is 0.115 e. The van der Waals surface area contributed by atoms with E-state index >= 15 is 0 Å². The van der Waals surface area contributed by atoms with Gasteiger partial charge in [-0.3, -0.25) is 0 Å². The highest BCUT2D eigenvalue weighted by Crippen LogP contribution is 2.31. The van der Waals surface area contributed by atoms with Gasteiger partial charge in [-0.15, -0.1) is 0 Å². The lowest BCUT2D eigenvalue weighted by Gasteiger charge is -2.30. The molecule has 0 aromatic heterocycles. The normalized spacial score (nSPS) is 15.3. The van der Waals surface area contributed by atoms with Gasteiger partial charge in [-0.2, -0.15) is 0 Å². The fourth-order valence-electron chi connectivity index (χ4n) is 2.10. The van der Waals surface area contributed by atoms with Gasteiger partial charge in [0.2, 0.25) is 0 Å². The third kappa shape index (κ3) is 2.96. The summed E-state index contributed by atoms with van der Waals surface area (Å²) in [6.45, 7) is 7.14. The van der Waals surface area contributed by atoms with Crippen molar-refractivity contribution in [3.8, 4) is 5.75 Å². The average molecular weight is 207 g/mol. The highest BCUT2D eigenvalue weighted by molar-refractivity contribution is 5.32. The molecule has 0 fully saturated rings. The molecule has 1 aromatic carbocycles. The highest BCUT2D eigenvalue weighted by Gasteiger charge is 2.26. The van der Waals surface area contributed by atoms with Crippen LogP contribution >= 0.6 is 0 Å². The molecule has 0 aliphatic heterocycles. The Hall–Kier alpha value is -1.02. The van der Waals surface area contributed by atoms with Crippen LogP contribution in [-0.4, -0.2) is 11.7 Å². The van der Waals surface area contributed by atoms with Crippen molar-refractivity contribution in [3.63, 3.8) is 0 Å². The highest BCUT2D eigenvalue weighted by atomic mass is 16.3. The second-order valence-corrected chi connectivity index (χ2v) is 4.91. The first kappa shape index (κ1) is 12.1. The number of phenols is 1. The molecular formula is C13H21NO. The number of rotatable bonds is 4. The summed E-state index contributed by atoms with van der Waals surface area (Å²) in [5, 5.41) is 9.47. The van der Waals surface area contributed by atoms with Crippen molar-refractivity contribution in [2.75, 3.05) is 6.54 Å². The van der Waals surface area contributed by atoms with Crippen molar-refractivity contribution >= 4 is 0 Å². The third-order valence-electron chi connectivity index (χ3n) is 2.85. The maximum atomic E-state index is 9.47. The molecule has 2 nitrogen and oxygen atoms in total. The Morgan fingerprint density at radius 2 is 2.07 bits per heavy atom. The van der Waals surface area contributed by atoms with Gasteiger partial charge in [-0.1, -0.05) is 32.9 Å². The SMILES string of the molecule is CC(C)CC(C)(CN)c1cccc(O)c1. The van der Waals surface area contributed by atoms with Crippen molar-refractivity contribution in [1.82, 2.24) is 0 Å². The summed E-state index contributed by atoms with van der Waals surface area (Å²) < 4.78 is 0. The maximum absolute atomic E-state index is 9.47. The monoisotopic (exact) mass is 207 g/mol. The zero-order chi connectivity index (χ0) is 11.5. The number of aromatic hydroxyl groups is 1. The molecule has 0 heterocycles. The van der Waals surface area contributed by atoms with Gasteiger partial charge in [0.25, 0.3) is 0 Å². The van der Waals surface area contributed by atoms with E-state index in [-0.39, 0.29) is 5.41 Å². The van der Waals surface area contributed by atoms with E-state index in [1.165, 1.54) is 0 Å². The van der Waals surface area contributed by atoms with Crippen LogP contribution in [0.5, 0.6) is 5.75 Å². The second kappa shape index (κ2) is 4.67. The van der Waals surface area contributed by atoms with Gasteiger partial charge in [0.05, 0.1) is 0 Å². The zero-order valence-corrected chi connectivity index (χ0v) is 9.83. The quantitative estimate of drug-likeness (QED) is 0.797. The molecule has 0 amide bonds. The molecule has 0 aliphatic rings. The van der Waals surface area contributed by atoms with E-state index in [0.29, 0.717) is 18.2 Å². The minimum Gasteiger partial charge on any atom is -0.508 e. The van der Waals surface area contributed by atoms with E-state index < -0.39 is 0 Å². The van der Waals surface area contributed by atoms with Crippen LogP contribution in [0, 0.1) is 5.92 Å². The molecule has 1 aromatic rings. The van der Waals surface area contributed by atoms with E-state index in [2.05, 4.69) is 20.8 Å². The Labute approximate surface area is 92.1 Å². The molecule has 1 rings (SSSR count). The smallest absolute Gasteiger partial charge is 0.115 e. The fourth-order valence-corrected chi connectivity index (χ4v) is 2.10. The second-order valence-electron chi connectivity index (χ2n) is 4.91. The Morgan fingerprint density at radius 3 is 2.53 bits per heavy atom. The summed E-state index contributed by atoms with van der Waals surface area (Å²) in [5.41, 5.74) is 6.94. The third-order valence-corrected chi connectivity index (χ3v) is 2.85. The minimum atomic E-state index is -0.0348. The Morgan fingerprint density at radius 1 is 1.40 bits per heavy atom. The van der Waals surface area contributed by atoms with Crippen molar-refractivity contribution in [3.05, 3.63) is 29.8 Å². The number of benzene rings is 1. The van der Waals surface area contributed by atoms with E-state index in [9.17, 15) is 5.11 Å². The van der Waals surface area contributed by atoms with Crippen LogP contribution in [0.25, 0.3) is 0 Å². The number of hydrogen-bond acceptors (Lipinski definition) is 2. The van der Waals surface area contributed by atoms with Gasteiger partial charge < -0.3 is 10.8 Å². The molecule has 0 saturated carbocycles. The first-order chi connectivity index (χ1) is 6.98. The molecule has 0 saturated heterocycles. The van der Waals surface area contributed by atoms with Crippen LogP contribution in [0.4, 0.5) is 0 Å². The van der Waals surface area contributed by atoms with Gasteiger partial charge in [0, 0.05) is 12.0 Å². The van der Waals surface area contributed by atoms with Gasteiger partial charge in [-0.25, -0.2) is 0 Å². The van der Waals surface area contributed by atoms with Gasteiger partial charge in [0.1, 0.15) is 5.75 Å². The summed E-state index contributed by atoms with van der Waals surface area (Å²) >= 11 is 0. The van der Waals surface area contributed by atoms with E-state index in [4.69, 9.17) is 5.73 Å². The van der Waals surface area contributed by atoms with Crippen LogP contribution in [-0.2, 0) is 5.41 Å². The summed E-state index contributed by atoms with van der Waals surface area (Å²) in [6, 6.07) is 7.42. The van der Waals surface area contributed by atoms with Crippen molar-refractivity contribution in [2.45, 2.75) is 32.6 Å². The van der Waals surface area contributed by atoms with E-state index in [0.717, 1.165) is 12.0 Å². The first-order valence-corrected chi connectivity index (χ1v) is 5.47. The summed E-state index contributed by atoms with van der Waals surface area (Å²) in [7, 11) is 0. The Kier molecular flexibility index (Phi) is 3.75. The van der Waals surface area contributed by atoms with E-state index in [1.807, 2.05) is 18.2 Å². The molecule has 0 radical (unpaired) electrons. The fraction of sp³-hybridized carbons (Fsp3) is 0.538. The average Bonchev–Trinajstić information content (AvgIpc) is 2.16. The Balaban J connectivity index is 3.00. The summed E-state index contributed by atoms with van der Waals surface area (Å²) in [5.74, 6) is 0.914. The molecular weight excluding hydrogens is 186 g/mol. The summed E-state index contributed by atoms with van der Waals surface area (Å²) in [4.78, 5) is 0. The van der Waals surface area contributed by atoms with Crippen molar-refractivity contribution in [2.24, 2.45) is 11.7 Å². The predicted octanol–water partition coefficient (Wildman–Crippen LogP) is 2.65. The first-order valence-electron chi connectivity index (χ1n) is 5.47. The van der Waals surface area contributed by atoms with Gasteiger partial charge >= 0.3 is 0 Å². The molecule has 3 N–H and O–H groups in total. The van der Waals surface area contributed by atoms with Crippen molar-refractivity contribution in [1.29, 1.82) is 0 Å². The lowest BCUT2D eigenvalue weighted by molar-refractivity contribution is 0.374. The lowest BCUT2D eigenvalue weighted by atomic mass is 9.76. The predicted molar refractivity (Wildman–Crippen MR) is 64.0 cm³/mol. The molecule has 15 heavy (non-hydrogen) atoms.